The van der Waals surface area contributed by atoms with Crippen molar-refractivity contribution < 1.29 is 19.2 Å². The molecule has 2 unspecified atom stereocenters. The van der Waals surface area contributed by atoms with Crippen LogP contribution < -0.4 is 5.32 Å². The molecule has 0 bridgehead atoms. The number of aliphatic hydroxyl groups excluding tert-OH is 1. The molecule has 0 aliphatic carbocycles. The molecular formula is C19H21FN2O4S. The molecule has 27 heavy (non-hydrogen) atoms. The first-order valence-corrected chi connectivity index (χ1v) is 9.44. The summed E-state index contributed by atoms with van der Waals surface area (Å²) in [7, 11) is 0. The molecule has 144 valence electrons. The lowest BCUT2D eigenvalue weighted by Crippen LogP contribution is -2.30. The maximum atomic E-state index is 13.4. The molecule has 6 nitrogen and oxygen atoms in total. The van der Waals surface area contributed by atoms with Gasteiger partial charge in [-0.05, 0) is 23.6 Å². The van der Waals surface area contributed by atoms with E-state index in [1.165, 1.54) is 17.8 Å². The van der Waals surface area contributed by atoms with Gasteiger partial charge in [0.2, 0.25) is 11.7 Å². The van der Waals surface area contributed by atoms with Gasteiger partial charge >= 0.3 is 5.69 Å². The van der Waals surface area contributed by atoms with Crippen molar-refractivity contribution in [3.05, 3.63) is 70.0 Å². The van der Waals surface area contributed by atoms with E-state index < -0.39 is 27.8 Å². The molecule has 2 rings (SSSR count). The van der Waals surface area contributed by atoms with Crippen LogP contribution in [0, 0.1) is 21.8 Å². The lowest BCUT2D eigenvalue weighted by atomic mass is 10.1. The zero-order valence-electron chi connectivity index (χ0n) is 15.0. The molecule has 0 saturated heterocycles. The van der Waals surface area contributed by atoms with E-state index in [0.717, 1.165) is 17.7 Å². The summed E-state index contributed by atoms with van der Waals surface area (Å²) in [5, 5.41) is 23.2. The second-order valence-electron chi connectivity index (χ2n) is 6.34. The van der Waals surface area contributed by atoms with Crippen molar-refractivity contribution >= 4 is 29.0 Å². The van der Waals surface area contributed by atoms with Crippen LogP contribution in [0.3, 0.4) is 0 Å². The van der Waals surface area contributed by atoms with Crippen LogP contribution in [0.4, 0.5) is 15.8 Å². The van der Waals surface area contributed by atoms with Crippen LogP contribution in [0.1, 0.15) is 25.5 Å². The number of nitro groups is 1. The number of amides is 1. The smallest absolute Gasteiger partial charge is 0.306 e. The highest BCUT2D eigenvalue weighted by molar-refractivity contribution is 8.00. The van der Waals surface area contributed by atoms with Crippen molar-refractivity contribution in [1.82, 2.24) is 0 Å². The van der Waals surface area contributed by atoms with Gasteiger partial charge in [0.1, 0.15) is 0 Å². The number of benzene rings is 2. The van der Waals surface area contributed by atoms with Crippen LogP contribution >= 0.6 is 11.8 Å². The summed E-state index contributed by atoms with van der Waals surface area (Å²) in [4.78, 5) is 22.6. The minimum atomic E-state index is -0.959. The van der Waals surface area contributed by atoms with Crippen LogP contribution in [0.5, 0.6) is 0 Å². The highest BCUT2D eigenvalue weighted by Gasteiger charge is 2.25. The van der Waals surface area contributed by atoms with E-state index in [9.17, 15) is 24.4 Å². The van der Waals surface area contributed by atoms with E-state index in [1.807, 2.05) is 44.2 Å². The zero-order valence-corrected chi connectivity index (χ0v) is 15.8. The molecule has 0 aliphatic rings. The number of aliphatic hydroxyl groups is 1. The molecule has 0 fully saturated rings. The van der Waals surface area contributed by atoms with Crippen LogP contribution in [-0.4, -0.2) is 26.9 Å². The van der Waals surface area contributed by atoms with Gasteiger partial charge in [-0.15, -0.1) is 11.8 Å². The van der Waals surface area contributed by atoms with E-state index in [-0.39, 0.29) is 17.5 Å². The number of thioether (sulfide) groups is 1. The molecule has 0 aliphatic heterocycles. The number of carbonyl (C=O) groups is 1. The molecule has 0 saturated carbocycles. The molecule has 1 amide bonds. The van der Waals surface area contributed by atoms with Crippen molar-refractivity contribution in [2.45, 2.75) is 25.2 Å². The van der Waals surface area contributed by atoms with Gasteiger partial charge in [-0.25, -0.2) is 0 Å². The molecule has 0 aromatic heterocycles. The van der Waals surface area contributed by atoms with Crippen molar-refractivity contribution in [3.63, 3.8) is 0 Å². The largest absolute Gasteiger partial charge is 0.388 e. The third kappa shape index (κ3) is 5.77. The number of nitrogens with zero attached hydrogens (tertiary/aromatic N) is 1. The third-order valence-corrected chi connectivity index (χ3v) is 5.52. The summed E-state index contributed by atoms with van der Waals surface area (Å²) in [5.74, 6) is -1.02. The second-order valence-corrected chi connectivity index (χ2v) is 7.51. The summed E-state index contributed by atoms with van der Waals surface area (Å²) >= 11 is 1.30. The number of hydrogen-bond donors (Lipinski definition) is 2. The second kappa shape index (κ2) is 9.48. The average Bonchev–Trinajstić information content (AvgIpc) is 2.63. The van der Waals surface area contributed by atoms with Crippen LogP contribution in [0.15, 0.2) is 48.5 Å². The predicted molar refractivity (Wildman–Crippen MR) is 104 cm³/mol. The number of anilines is 1. The number of halogens is 1. The van der Waals surface area contributed by atoms with Crippen molar-refractivity contribution in [3.8, 4) is 0 Å². The van der Waals surface area contributed by atoms with Gasteiger partial charge in [0, 0.05) is 17.5 Å². The lowest BCUT2D eigenvalue weighted by Gasteiger charge is -2.21. The quantitative estimate of drug-likeness (QED) is 0.520. The fraction of sp³-hybridized carbons (Fsp3) is 0.316. The number of nitro benzene ring substituents is 1. The maximum absolute atomic E-state index is 13.4. The molecular weight excluding hydrogens is 371 g/mol. The Morgan fingerprint density at radius 3 is 2.52 bits per heavy atom. The first-order chi connectivity index (χ1) is 12.8. The molecule has 2 aromatic rings. The van der Waals surface area contributed by atoms with E-state index in [2.05, 4.69) is 5.32 Å². The first kappa shape index (κ1) is 20.9. The Labute approximate surface area is 160 Å². The molecule has 2 atom stereocenters. The SMILES string of the molecule is CC(C)C(SCC(O)c1ccccc1)C(=O)Nc1ccc(F)c([N+](=O)[O-])c1. The van der Waals surface area contributed by atoms with Gasteiger partial charge in [-0.2, -0.15) is 4.39 Å². The van der Waals surface area contributed by atoms with E-state index >= 15 is 0 Å². The van der Waals surface area contributed by atoms with E-state index in [0.29, 0.717) is 5.75 Å². The minimum Gasteiger partial charge on any atom is -0.388 e. The highest BCUT2D eigenvalue weighted by Crippen LogP contribution is 2.28. The van der Waals surface area contributed by atoms with Crippen LogP contribution in [0.2, 0.25) is 0 Å². The normalized spacial score (nSPS) is 13.2. The Morgan fingerprint density at radius 2 is 1.93 bits per heavy atom. The van der Waals surface area contributed by atoms with Crippen molar-refractivity contribution in [2.24, 2.45) is 5.92 Å². The third-order valence-electron chi connectivity index (χ3n) is 3.89. The standard InChI is InChI=1S/C19H21FN2O4S/c1-12(2)18(27-11-17(23)13-6-4-3-5-7-13)19(24)21-14-8-9-15(20)16(10-14)22(25)26/h3-10,12,17-18,23H,11H2,1-2H3,(H,21,24). The van der Waals surface area contributed by atoms with Gasteiger partial charge < -0.3 is 10.4 Å². The summed E-state index contributed by atoms with van der Waals surface area (Å²) < 4.78 is 13.4. The van der Waals surface area contributed by atoms with Crippen LogP contribution in [0.25, 0.3) is 0 Å². The molecule has 2 N–H and O–H groups in total. The Hall–Kier alpha value is -2.45. The minimum absolute atomic E-state index is 0.0339. The average molecular weight is 392 g/mol. The van der Waals surface area contributed by atoms with E-state index in [4.69, 9.17) is 0 Å². The Balaban J connectivity index is 2.04. The molecule has 0 spiro atoms. The fourth-order valence-electron chi connectivity index (χ4n) is 2.48. The fourth-order valence-corrected chi connectivity index (χ4v) is 3.66. The molecule has 0 radical (unpaired) electrons. The van der Waals surface area contributed by atoms with Gasteiger partial charge in [-0.1, -0.05) is 44.2 Å². The molecule has 2 aromatic carbocycles. The summed E-state index contributed by atoms with van der Waals surface area (Å²) in [6.07, 6.45) is -0.711. The zero-order chi connectivity index (χ0) is 20.0. The molecule has 8 heteroatoms. The highest BCUT2D eigenvalue weighted by atomic mass is 32.2. The van der Waals surface area contributed by atoms with Gasteiger partial charge in [0.05, 0.1) is 16.3 Å². The van der Waals surface area contributed by atoms with Crippen molar-refractivity contribution in [1.29, 1.82) is 0 Å². The first-order valence-electron chi connectivity index (χ1n) is 8.39. The topological polar surface area (TPSA) is 92.5 Å². The number of nitrogens with one attached hydrogen (secondary N) is 1. The number of rotatable bonds is 8. The Morgan fingerprint density at radius 1 is 1.26 bits per heavy atom. The molecule has 0 heterocycles. The Bertz CT molecular complexity index is 802. The number of carbonyl (C=O) groups excluding carboxylic acids is 1. The van der Waals surface area contributed by atoms with Gasteiger partial charge in [-0.3, -0.25) is 14.9 Å². The monoisotopic (exact) mass is 392 g/mol. The maximum Gasteiger partial charge on any atom is 0.306 e. The Kier molecular flexibility index (Phi) is 7.32. The summed E-state index contributed by atoms with van der Waals surface area (Å²) in [6, 6.07) is 12.4. The summed E-state index contributed by atoms with van der Waals surface area (Å²) in [6.45, 7) is 3.75. The van der Waals surface area contributed by atoms with Gasteiger partial charge in [0.25, 0.3) is 0 Å². The van der Waals surface area contributed by atoms with Crippen LogP contribution in [-0.2, 0) is 4.79 Å². The lowest BCUT2D eigenvalue weighted by molar-refractivity contribution is -0.387. The summed E-state index contributed by atoms with van der Waals surface area (Å²) in [5.41, 5.74) is 0.228. The predicted octanol–water partition coefficient (Wildman–Crippen LogP) is 4.16. The number of hydrogen-bond acceptors (Lipinski definition) is 5. The van der Waals surface area contributed by atoms with Crippen molar-refractivity contribution in [2.75, 3.05) is 11.1 Å². The van der Waals surface area contributed by atoms with Gasteiger partial charge in [0.15, 0.2) is 0 Å². The van der Waals surface area contributed by atoms with E-state index in [1.54, 1.807) is 0 Å².